The number of carbonyl (C=O) groups excluding carboxylic acids is 1. The van der Waals surface area contributed by atoms with Crippen LogP contribution in [0.3, 0.4) is 0 Å². The van der Waals surface area contributed by atoms with Crippen LogP contribution in [0.15, 0.2) is 59.5 Å². The van der Waals surface area contributed by atoms with E-state index < -0.39 is 28.1 Å². The van der Waals surface area contributed by atoms with Crippen LogP contribution in [0.1, 0.15) is 35.1 Å². The molecule has 0 aliphatic heterocycles. The molecular formula is C22H26O5S. The quantitative estimate of drug-likeness (QED) is 0.394. The summed E-state index contributed by atoms with van der Waals surface area (Å²) in [4.78, 5) is 11.7. The number of benzene rings is 2. The number of carbonyl (C=O) groups is 1. The first kappa shape index (κ1) is 21.9. The van der Waals surface area contributed by atoms with Crippen LogP contribution in [-0.2, 0) is 23.8 Å². The summed E-state index contributed by atoms with van der Waals surface area (Å²) in [6.07, 6.45) is 2.19. The van der Waals surface area contributed by atoms with Gasteiger partial charge in [0.05, 0.1) is 18.1 Å². The molecule has 0 unspecified atom stereocenters. The molecule has 2 atom stereocenters. The number of hydrogen-bond donors (Lipinski definition) is 0. The van der Waals surface area contributed by atoms with Crippen molar-refractivity contribution in [1.29, 1.82) is 0 Å². The highest BCUT2D eigenvalue weighted by Crippen LogP contribution is 2.29. The Kier molecular flexibility index (Phi) is 7.16. The van der Waals surface area contributed by atoms with Crippen molar-refractivity contribution in [2.75, 3.05) is 7.11 Å². The molecule has 0 saturated heterocycles. The molecule has 150 valence electrons. The number of methoxy groups -OCH3 is 1. The standard InChI is InChI=1S/C22H26O5S/c1-15-6-9-19(10-7-15)28(24,25)27-18(4)21(12-13-22(23)26-5)20-11-8-16(2)14-17(20)3/h6-14,18,21H,1-5H3/b13-12+/t18-,21+/m0/s1. The molecule has 0 N–H and O–H groups in total. The smallest absolute Gasteiger partial charge is 0.330 e. The van der Waals surface area contributed by atoms with E-state index in [1.807, 2.05) is 39.0 Å². The Hall–Kier alpha value is -2.44. The topological polar surface area (TPSA) is 69.7 Å². The maximum absolute atomic E-state index is 12.7. The fourth-order valence-corrected chi connectivity index (χ4v) is 4.08. The zero-order valence-corrected chi connectivity index (χ0v) is 17.6. The molecule has 0 spiro atoms. The fourth-order valence-electron chi connectivity index (χ4n) is 2.98. The number of rotatable bonds is 7. The maximum Gasteiger partial charge on any atom is 0.330 e. The minimum Gasteiger partial charge on any atom is -0.466 e. The van der Waals surface area contributed by atoms with Gasteiger partial charge in [-0.3, -0.25) is 4.18 Å². The molecule has 0 radical (unpaired) electrons. The highest BCUT2D eigenvalue weighted by atomic mass is 32.2. The second-order valence-corrected chi connectivity index (χ2v) is 8.41. The molecular weight excluding hydrogens is 376 g/mol. The highest BCUT2D eigenvalue weighted by molar-refractivity contribution is 7.86. The van der Waals surface area contributed by atoms with Crippen molar-refractivity contribution in [3.8, 4) is 0 Å². The van der Waals surface area contributed by atoms with Gasteiger partial charge in [-0.2, -0.15) is 8.42 Å². The van der Waals surface area contributed by atoms with Crippen LogP contribution in [0.2, 0.25) is 0 Å². The summed E-state index contributed by atoms with van der Waals surface area (Å²) >= 11 is 0. The lowest BCUT2D eigenvalue weighted by atomic mass is 9.89. The first-order chi connectivity index (χ1) is 13.1. The van der Waals surface area contributed by atoms with Crippen molar-refractivity contribution in [1.82, 2.24) is 0 Å². The van der Waals surface area contributed by atoms with Crippen LogP contribution in [0.25, 0.3) is 0 Å². The SMILES string of the molecule is COC(=O)/C=C/[C@@H](c1ccc(C)cc1C)[C@H](C)OS(=O)(=O)c1ccc(C)cc1. The molecule has 6 heteroatoms. The van der Waals surface area contributed by atoms with Gasteiger partial charge in [0.25, 0.3) is 10.1 Å². The second kappa shape index (κ2) is 9.17. The molecule has 0 fully saturated rings. The summed E-state index contributed by atoms with van der Waals surface area (Å²) in [5.74, 6) is -0.955. The average Bonchev–Trinajstić information content (AvgIpc) is 2.63. The van der Waals surface area contributed by atoms with Crippen molar-refractivity contribution in [2.24, 2.45) is 0 Å². The fraction of sp³-hybridized carbons (Fsp3) is 0.318. The van der Waals surface area contributed by atoms with E-state index in [4.69, 9.17) is 4.18 Å². The third-order valence-corrected chi connectivity index (χ3v) is 5.93. The summed E-state index contributed by atoms with van der Waals surface area (Å²) in [5, 5.41) is 0. The van der Waals surface area contributed by atoms with Crippen molar-refractivity contribution < 1.29 is 22.1 Å². The zero-order valence-electron chi connectivity index (χ0n) is 16.8. The van der Waals surface area contributed by atoms with E-state index in [1.54, 1.807) is 25.1 Å². The lowest BCUT2D eigenvalue weighted by Crippen LogP contribution is -2.23. The van der Waals surface area contributed by atoms with Crippen molar-refractivity contribution in [2.45, 2.75) is 44.6 Å². The van der Waals surface area contributed by atoms with Gasteiger partial charge in [-0.05, 0) is 51.0 Å². The number of ether oxygens (including phenoxy) is 1. The monoisotopic (exact) mass is 402 g/mol. The molecule has 0 aromatic heterocycles. The average molecular weight is 403 g/mol. The van der Waals surface area contributed by atoms with Gasteiger partial charge in [0.2, 0.25) is 0 Å². The Morgan fingerprint density at radius 2 is 1.61 bits per heavy atom. The van der Waals surface area contributed by atoms with Gasteiger partial charge in [0.15, 0.2) is 0 Å². The highest BCUT2D eigenvalue weighted by Gasteiger charge is 2.26. The molecule has 0 aliphatic rings. The van der Waals surface area contributed by atoms with Gasteiger partial charge < -0.3 is 4.74 Å². The minimum atomic E-state index is -3.94. The molecule has 2 aromatic carbocycles. The summed E-state index contributed by atoms with van der Waals surface area (Å²) in [6.45, 7) is 7.49. The molecule has 2 rings (SSSR count). The Balaban J connectivity index is 2.37. The number of esters is 1. The number of aryl methyl sites for hydroxylation is 3. The van der Waals surface area contributed by atoms with Crippen LogP contribution in [0, 0.1) is 20.8 Å². The molecule has 28 heavy (non-hydrogen) atoms. The molecule has 0 bridgehead atoms. The van der Waals surface area contributed by atoms with E-state index in [-0.39, 0.29) is 4.90 Å². The van der Waals surface area contributed by atoms with Crippen LogP contribution in [0.5, 0.6) is 0 Å². The Morgan fingerprint density at radius 3 is 2.18 bits per heavy atom. The molecule has 0 saturated carbocycles. The van der Waals surface area contributed by atoms with E-state index in [0.717, 1.165) is 22.3 Å². The van der Waals surface area contributed by atoms with Crippen LogP contribution >= 0.6 is 0 Å². The minimum absolute atomic E-state index is 0.0984. The zero-order chi connectivity index (χ0) is 20.9. The lowest BCUT2D eigenvalue weighted by molar-refractivity contribution is -0.134. The van der Waals surface area contributed by atoms with Crippen LogP contribution in [0.4, 0.5) is 0 Å². The van der Waals surface area contributed by atoms with Gasteiger partial charge in [0, 0.05) is 12.0 Å². The third-order valence-electron chi connectivity index (χ3n) is 4.52. The van der Waals surface area contributed by atoms with Gasteiger partial charge in [-0.1, -0.05) is 47.5 Å². The van der Waals surface area contributed by atoms with E-state index in [9.17, 15) is 13.2 Å². The molecule has 0 heterocycles. The van der Waals surface area contributed by atoms with Gasteiger partial charge in [-0.15, -0.1) is 0 Å². The summed E-state index contributed by atoms with van der Waals surface area (Å²) in [6, 6.07) is 12.4. The van der Waals surface area contributed by atoms with E-state index in [0.29, 0.717) is 0 Å². The van der Waals surface area contributed by atoms with Gasteiger partial charge in [0.1, 0.15) is 0 Å². The number of hydrogen-bond acceptors (Lipinski definition) is 5. The molecule has 0 aliphatic carbocycles. The van der Waals surface area contributed by atoms with Gasteiger partial charge in [-0.25, -0.2) is 4.79 Å². The first-order valence-electron chi connectivity index (χ1n) is 8.97. The van der Waals surface area contributed by atoms with Crippen molar-refractivity contribution in [3.63, 3.8) is 0 Å². The van der Waals surface area contributed by atoms with Crippen molar-refractivity contribution >= 4 is 16.1 Å². The Morgan fingerprint density at radius 1 is 1.00 bits per heavy atom. The predicted octanol–water partition coefficient (Wildman–Crippen LogP) is 4.22. The molecule has 0 amide bonds. The Bertz CT molecular complexity index is 959. The predicted molar refractivity (Wildman–Crippen MR) is 109 cm³/mol. The molecule has 2 aromatic rings. The van der Waals surface area contributed by atoms with E-state index in [2.05, 4.69) is 4.74 Å². The van der Waals surface area contributed by atoms with E-state index >= 15 is 0 Å². The first-order valence-corrected chi connectivity index (χ1v) is 10.4. The lowest BCUT2D eigenvalue weighted by Gasteiger charge is -2.23. The summed E-state index contributed by atoms with van der Waals surface area (Å²) in [5.41, 5.74) is 3.93. The normalized spacial score (nSPS) is 14.0. The Labute approximate surface area is 167 Å². The van der Waals surface area contributed by atoms with Gasteiger partial charge >= 0.3 is 5.97 Å². The molecule has 5 nitrogen and oxygen atoms in total. The second-order valence-electron chi connectivity index (χ2n) is 6.84. The van der Waals surface area contributed by atoms with Crippen LogP contribution < -0.4 is 0 Å². The maximum atomic E-state index is 12.7. The summed E-state index contributed by atoms with van der Waals surface area (Å²) in [7, 11) is -2.65. The van der Waals surface area contributed by atoms with Crippen molar-refractivity contribution in [3.05, 3.63) is 76.9 Å². The summed E-state index contributed by atoms with van der Waals surface area (Å²) < 4.78 is 35.5. The largest absolute Gasteiger partial charge is 0.466 e. The van der Waals surface area contributed by atoms with E-state index in [1.165, 1.54) is 25.3 Å². The third kappa shape index (κ3) is 5.53. The van der Waals surface area contributed by atoms with Crippen LogP contribution in [-0.4, -0.2) is 27.6 Å².